The number of ether oxygens (including phenoxy) is 1. The Labute approximate surface area is 148 Å². The summed E-state index contributed by atoms with van der Waals surface area (Å²) >= 11 is 0. The molecule has 2 fully saturated rings. The first-order valence-corrected chi connectivity index (χ1v) is 9.18. The van der Waals surface area contributed by atoms with Gasteiger partial charge in [0.2, 0.25) is 5.91 Å². The molecule has 0 saturated carbocycles. The average molecular weight is 342 g/mol. The summed E-state index contributed by atoms with van der Waals surface area (Å²) in [6.07, 6.45) is 7.85. The number of carbonyl (C=O) groups excluding carboxylic acids is 1. The van der Waals surface area contributed by atoms with Crippen LogP contribution in [0.25, 0.3) is 5.52 Å². The maximum Gasteiger partial charge on any atom is 0.226 e. The molecule has 0 N–H and O–H groups in total. The van der Waals surface area contributed by atoms with E-state index in [1.54, 1.807) is 0 Å². The van der Waals surface area contributed by atoms with Gasteiger partial charge in [0.05, 0.1) is 17.3 Å². The van der Waals surface area contributed by atoms with Crippen molar-refractivity contribution in [1.29, 1.82) is 0 Å². The second-order valence-corrected chi connectivity index (χ2v) is 7.26. The number of anilines is 1. The normalized spacial score (nSPS) is 21.8. The van der Waals surface area contributed by atoms with E-state index in [9.17, 15) is 4.79 Å². The van der Waals surface area contributed by atoms with Crippen molar-refractivity contribution in [3.05, 3.63) is 30.2 Å². The highest BCUT2D eigenvalue weighted by Gasteiger charge is 2.35. The Morgan fingerprint density at radius 3 is 2.84 bits per heavy atom. The van der Waals surface area contributed by atoms with Gasteiger partial charge in [-0.2, -0.15) is 0 Å². The monoisotopic (exact) mass is 342 g/mol. The fraction of sp³-hybridized carbons (Fsp3) is 0.579. The van der Waals surface area contributed by atoms with E-state index in [0.29, 0.717) is 13.2 Å². The molecule has 6 nitrogen and oxygen atoms in total. The van der Waals surface area contributed by atoms with E-state index >= 15 is 0 Å². The maximum atomic E-state index is 13.0. The summed E-state index contributed by atoms with van der Waals surface area (Å²) in [6, 6.07) is 4.19. The van der Waals surface area contributed by atoms with Crippen LogP contribution in [0, 0.1) is 5.92 Å². The number of nitrogens with zero attached hydrogens (tertiary/aromatic N) is 4. The van der Waals surface area contributed by atoms with Crippen LogP contribution in [0.4, 0.5) is 5.82 Å². The molecule has 0 aromatic carbocycles. The molecular weight excluding hydrogens is 316 g/mol. The van der Waals surface area contributed by atoms with Gasteiger partial charge in [0.15, 0.2) is 5.82 Å². The molecule has 4 heterocycles. The minimum atomic E-state index is 0.0841. The zero-order chi connectivity index (χ0) is 17.4. The molecule has 2 aromatic heterocycles. The first-order chi connectivity index (χ1) is 12.1. The Bertz CT molecular complexity index is 764. The number of likely N-dealkylation sites (tertiary alicyclic amines) is 1. The third kappa shape index (κ3) is 2.99. The Morgan fingerprint density at radius 2 is 2.08 bits per heavy atom. The second kappa shape index (κ2) is 6.67. The summed E-state index contributed by atoms with van der Waals surface area (Å²) in [5.74, 6) is 1.34. The number of hydrogen-bond donors (Lipinski definition) is 0. The fourth-order valence-electron chi connectivity index (χ4n) is 4.05. The largest absolute Gasteiger partial charge is 0.381 e. The Balaban J connectivity index is 1.65. The van der Waals surface area contributed by atoms with Crippen LogP contribution in [0.5, 0.6) is 0 Å². The van der Waals surface area contributed by atoms with Gasteiger partial charge in [-0.25, -0.2) is 4.98 Å². The summed E-state index contributed by atoms with van der Waals surface area (Å²) in [5.41, 5.74) is 2.08. The Kier molecular flexibility index (Phi) is 4.37. The summed E-state index contributed by atoms with van der Waals surface area (Å²) < 4.78 is 7.53. The third-order valence-corrected chi connectivity index (χ3v) is 5.39. The number of carbonyl (C=O) groups is 1. The van der Waals surface area contributed by atoms with Crippen molar-refractivity contribution in [2.75, 3.05) is 38.8 Å². The highest BCUT2D eigenvalue weighted by atomic mass is 16.5. The lowest BCUT2D eigenvalue weighted by Gasteiger charge is -2.30. The van der Waals surface area contributed by atoms with E-state index in [1.807, 2.05) is 31.3 Å². The lowest BCUT2D eigenvalue weighted by Crippen LogP contribution is -2.38. The summed E-state index contributed by atoms with van der Waals surface area (Å²) in [6.45, 7) is 2.24. The molecule has 2 aliphatic heterocycles. The number of rotatable bonds is 3. The van der Waals surface area contributed by atoms with Crippen LogP contribution in [0.1, 0.15) is 37.4 Å². The molecule has 2 aliphatic rings. The molecule has 6 heteroatoms. The van der Waals surface area contributed by atoms with E-state index in [4.69, 9.17) is 9.72 Å². The van der Waals surface area contributed by atoms with Crippen molar-refractivity contribution in [2.24, 2.45) is 5.92 Å². The van der Waals surface area contributed by atoms with E-state index in [0.717, 1.165) is 49.3 Å². The molecule has 1 unspecified atom stereocenters. The summed E-state index contributed by atoms with van der Waals surface area (Å²) in [5, 5.41) is 0. The molecule has 0 radical (unpaired) electrons. The van der Waals surface area contributed by atoms with Gasteiger partial charge in [-0.3, -0.25) is 4.79 Å². The van der Waals surface area contributed by atoms with Crippen LogP contribution < -0.4 is 4.90 Å². The first-order valence-electron chi connectivity index (χ1n) is 9.18. The molecule has 2 aromatic rings. The van der Waals surface area contributed by atoms with Crippen LogP contribution in [-0.4, -0.2) is 54.0 Å². The predicted octanol–water partition coefficient (Wildman–Crippen LogP) is 2.49. The Morgan fingerprint density at radius 1 is 1.28 bits per heavy atom. The number of hydrogen-bond acceptors (Lipinski definition) is 4. The van der Waals surface area contributed by atoms with Crippen molar-refractivity contribution in [2.45, 2.75) is 31.7 Å². The van der Waals surface area contributed by atoms with Gasteiger partial charge >= 0.3 is 0 Å². The van der Waals surface area contributed by atoms with Gasteiger partial charge in [-0.05, 0) is 37.8 Å². The number of fused-ring (bicyclic) bond motifs is 1. The van der Waals surface area contributed by atoms with Crippen LogP contribution in [-0.2, 0) is 9.53 Å². The zero-order valence-corrected chi connectivity index (χ0v) is 15.0. The lowest BCUT2D eigenvalue weighted by atomic mass is 9.98. The summed E-state index contributed by atoms with van der Waals surface area (Å²) in [4.78, 5) is 22.1. The molecule has 0 spiro atoms. The van der Waals surface area contributed by atoms with Gasteiger partial charge < -0.3 is 18.9 Å². The first kappa shape index (κ1) is 16.4. The molecule has 2 saturated heterocycles. The molecule has 0 bridgehead atoms. The highest BCUT2D eigenvalue weighted by Crippen LogP contribution is 2.35. The molecule has 1 atom stereocenters. The highest BCUT2D eigenvalue weighted by molar-refractivity contribution is 5.80. The third-order valence-electron chi connectivity index (χ3n) is 5.39. The van der Waals surface area contributed by atoms with Crippen LogP contribution in [0.15, 0.2) is 24.5 Å². The van der Waals surface area contributed by atoms with E-state index in [-0.39, 0.29) is 17.9 Å². The zero-order valence-electron chi connectivity index (χ0n) is 15.0. The van der Waals surface area contributed by atoms with Crippen molar-refractivity contribution in [3.8, 4) is 0 Å². The van der Waals surface area contributed by atoms with Gasteiger partial charge in [-0.15, -0.1) is 0 Å². The van der Waals surface area contributed by atoms with Crippen LogP contribution in [0.2, 0.25) is 0 Å². The molecule has 1 amide bonds. The van der Waals surface area contributed by atoms with Crippen molar-refractivity contribution < 1.29 is 9.53 Å². The SMILES string of the molecule is CN(C)c1nc(C2CCCN2C(=O)C2CCOCC2)cn2cccc12. The standard InChI is InChI=1S/C19H26N4O2/c1-21(2)18-17-6-3-9-22(17)13-15(20-18)16-5-4-10-23(16)19(24)14-7-11-25-12-8-14/h3,6,9,13-14,16H,4-5,7-8,10-12H2,1-2H3. The lowest BCUT2D eigenvalue weighted by molar-refractivity contribution is -0.139. The van der Waals surface area contributed by atoms with E-state index in [2.05, 4.69) is 21.6 Å². The maximum absolute atomic E-state index is 13.0. The predicted molar refractivity (Wildman–Crippen MR) is 96.8 cm³/mol. The van der Waals surface area contributed by atoms with Crippen molar-refractivity contribution in [1.82, 2.24) is 14.3 Å². The van der Waals surface area contributed by atoms with Crippen LogP contribution in [0.3, 0.4) is 0 Å². The van der Waals surface area contributed by atoms with Gasteiger partial charge in [-0.1, -0.05) is 0 Å². The molecule has 4 rings (SSSR count). The van der Waals surface area contributed by atoms with Gasteiger partial charge in [0.25, 0.3) is 0 Å². The summed E-state index contributed by atoms with van der Waals surface area (Å²) in [7, 11) is 4.03. The molecule has 134 valence electrons. The van der Waals surface area contributed by atoms with Crippen molar-refractivity contribution >= 4 is 17.2 Å². The minimum absolute atomic E-state index is 0.0841. The average Bonchev–Trinajstić information content (AvgIpc) is 3.29. The molecular formula is C19H26N4O2. The second-order valence-electron chi connectivity index (χ2n) is 7.26. The van der Waals surface area contributed by atoms with E-state index < -0.39 is 0 Å². The smallest absolute Gasteiger partial charge is 0.226 e. The quantitative estimate of drug-likeness (QED) is 0.860. The van der Waals surface area contributed by atoms with Gasteiger partial charge in [0.1, 0.15) is 0 Å². The molecule has 25 heavy (non-hydrogen) atoms. The van der Waals surface area contributed by atoms with Crippen LogP contribution >= 0.6 is 0 Å². The molecule has 0 aliphatic carbocycles. The number of aromatic nitrogens is 2. The fourth-order valence-corrected chi connectivity index (χ4v) is 4.05. The Hall–Kier alpha value is -2.08. The minimum Gasteiger partial charge on any atom is -0.381 e. The van der Waals surface area contributed by atoms with Crippen molar-refractivity contribution in [3.63, 3.8) is 0 Å². The number of amides is 1. The van der Waals surface area contributed by atoms with Gasteiger partial charge in [0, 0.05) is 52.2 Å². The topological polar surface area (TPSA) is 50.1 Å². The van der Waals surface area contributed by atoms with E-state index in [1.165, 1.54) is 0 Å².